The highest BCUT2D eigenvalue weighted by Crippen LogP contribution is 2.01. The molecule has 5 heteroatoms. The van der Waals surface area contributed by atoms with Crippen LogP contribution in [0.25, 0.3) is 0 Å². The molecule has 1 aromatic heterocycles. The Morgan fingerprint density at radius 3 is 2.68 bits per heavy atom. The van der Waals surface area contributed by atoms with Crippen molar-refractivity contribution < 1.29 is 0 Å². The highest BCUT2D eigenvalue weighted by atomic mass is 15.2. The molecule has 0 aliphatic carbocycles. The van der Waals surface area contributed by atoms with Gasteiger partial charge >= 0.3 is 0 Å². The largest absolute Gasteiger partial charge is 0.357 e. The first-order valence-electron chi connectivity index (χ1n) is 6.95. The van der Waals surface area contributed by atoms with Crippen molar-refractivity contribution in [2.24, 2.45) is 12.0 Å². The number of hydrogen-bond donors (Lipinski definition) is 2. The molecule has 1 aromatic rings. The van der Waals surface area contributed by atoms with Gasteiger partial charge in [0, 0.05) is 31.9 Å². The molecule has 108 valence electrons. The van der Waals surface area contributed by atoms with Crippen LogP contribution in [-0.4, -0.2) is 34.4 Å². The zero-order chi connectivity index (χ0) is 14.3. The molecule has 5 nitrogen and oxygen atoms in total. The predicted molar refractivity (Wildman–Crippen MR) is 80.4 cm³/mol. The highest BCUT2D eigenvalue weighted by Gasteiger charge is 2.11. The van der Waals surface area contributed by atoms with E-state index in [4.69, 9.17) is 0 Å². The lowest BCUT2D eigenvalue weighted by atomic mass is 10.1. The maximum atomic E-state index is 4.59. The van der Waals surface area contributed by atoms with Gasteiger partial charge in [-0.1, -0.05) is 0 Å². The van der Waals surface area contributed by atoms with Gasteiger partial charge in [-0.3, -0.25) is 9.67 Å². The minimum absolute atomic E-state index is 0.0321. The van der Waals surface area contributed by atoms with Crippen LogP contribution in [0.4, 0.5) is 0 Å². The van der Waals surface area contributed by atoms with Crippen molar-refractivity contribution in [1.29, 1.82) is 0 Å². The normalized spacial score (nSPS) is 12.6. The van der Waals surface area contributed by atoms with E-state index in [0.717, 1.165) is 31.9 Å². The number of rotatable bonds is 5. The van der Waals surface area contributed by atoms with Crippen LogP contribution in [0.2, 0.25) is 0 Å². The number of aliphatic imine (C=N–C) groups is 1. The van der Waals surface area contributed by atoms with E-state index >= 15 is 0 Å². The van der Waals surface area contributed by atoms with Crippen molar-refractivity contribution in [2.45, 2.75) is 46.1 Å². The SMILES string of the molecule is CCNC(=NCCCc1cnn(C)c1)NC(C)(C)C. The molecule has 2 N–H and O–H groups in total. The summed E-state index contributed by atoms with van der Waals surface area (Å²) in [5, 5.41) is 10.8. The topological polar surface area (TPSA) is 54.2 Å². The van der Waals surface area contributed by atoms with Crippen LogP contribution in [0.5, 0.6) is 0 Å². The molecule has 0 amide bonds. The van der Waals surface area contributed by atoms with Crippen LogP contribution in [0.3, 0.4) is 0 Å². The first-order chi connectivity index (χ1) is 8.90. The van der Waals surface area contributed by atoms with E-state index in [-0.39, 0.29) is 5.54 Å². The monoisotopic (exact) mass is 265 g/mol. The van der Waals surface area contributed by atoms with E-state index in [1.807, 2.05) is 17.9 Å². The molecule has 0 saturated heterocycles. The van der Waals surface area contributed by atoms with Gasteiger partial charge in [-0.2, -0.15) is 5.10 Å². The lowest BCUT2D eigenvalue weighted by molar-refractivity contribution is 0.501. The zero-order valence-corrected chi connectivity index (χ0v) is 12.8. The van der Waals surface area contributed by atoms with Crippen LogP contribution in [0.15, 0.2) is 17.4 Å². The third-order valence-corrected chi connectivity index (χ3v) is 2.49. The van der Waals surface area contributed by atoms with Crippen LogP contribution in [0.1, 0.15) is 39.7 Å². The average Bonchev–Trinajstić information content (AvgIpc) is 2.68. The van der Waals surface area contributed by atoms with E-state index in [2.05, 4.69) is 54.6 Å². The lowest BCUT2D eigenvalue weighted by Crippen LogP contribution is -2.47. The van der Waals surface area contributed by atoms with Gasteiger partial charge in [0.15, 0.2) is 5.96 Å². The molecule has 0 atom stereocenters. The van der Waals surface area contributed by atoms with E-state index in [1.165, 1.54) is 5.56 Å². The number of hydrogen-bond acceptors (Lipinski definition) is 2. The molecule has 0 spiro atoms. The standard InChI is InChI=1S/C14H27N5/c1-6-15-13(18-14(2,3)4)16-9-7-8-12-10-17-19(5)11-12/h10-11H,6-9H2,1-5H3,(H2,15,16,18). The molecule has 0 aromatic carbocycles. The predicted octanol–water partition coefficient (Wildman–Crippen LogP) is 1.71. The number of aromatic nitrogens is 2. The number of guanidine groups is 1. The minimum Gasteiger partial charge on any atom is -0.357 e. The molecule has 0 bridgehead atoms. The van der Waals surface area contributed by atoms with Crippen molar-refractivity contribution in [2.75, 3.05) is 13.1 Å². The van der Waals surface area contributed by atoms with Gasteiger partial charge in [0.25, 0.3) is 0 Å². The van der Waals surface area contributed by atoms with Crippen LogP contribution < -0.4 is 10.6 Å². The van der Waals surface area contributed by atoms with Gasteiger partial charge < -0.3 is 10.6 Å². The van der Waals surface area contributed by atoms with Gasteiger partial charge in [0.1, 0.15) is 0 Å². The minimum atomic E-state index is 0.0321. The molecule has 1 rings (SSSR count). The summed E-state index contributed by atoms with van der Waals surface area (Å²) in [6.45, 7) is 10.2. The highest BCUT2D eigenvalue weighted by molar-refractivity contribution is 5.80. The zero-order valence-electron chi connectivity index (χ0n) is 12.8. The molecule has 19 heavy (non-hydrogen) atoms. The summed E-state index contributed by atoms with van der Waals surface area (Å²) in [5.74, 6) is 0.890. The van der Waals surface area contributed by atoms with Crippen molar-refractivity contribution in [3.05, 3.63) is 18.0 Å². The smallest absolute Gasteiger partial charge is 0.191 e. The first kappa shape index (κ1) is 15.5. The molecule has 0 aliphatic heterocycles. The number of nitrogens with one attached hydrogen (secondary N) is 2. The van der Waals surface area contributed by atoms with Crippen molar-refractivity contribution >= 4 is 5.96 Å². The Morgan fingerprint density at radius 1 is 1.42 bits per heavy atom. The first-order valence-corrected chi connectivity index (χ1v) is 6.95. The second-order valence-corrected chi connectivity index (χ2v) is 5.76. The third-order valence-electron chi connectivity index (χ3n) is 2.49. The van der Waals surface area contributed by atoms with Crippen LogP contribution in [-0.2, 0) is 13.5 Å². The molecular weight excluding hydrogens is 238 g/mol. The molecule has 0 fully saturated rings. The summed E-state index contributed by atoms with van der Waals surface area (Å²) in [6.07, 6.45) is 6.03. The maximum Gasteiger partial charge on any atom is 0.191 e. The Labute approximate surface area is 116 Å². The Kier molecular flexibility index (Phi) is 5.86. The fraction of sp³-hybridized carbons (Fsp3) is 0.714. The second kappa shape index (κ2) is 7.16. The summed E-state index contributed by atoms with van der Waals surface area (Å²) in [4.78, 5) is 4.59. The number of aryl methyl sites for hydroxylation is 2. The van der Waals surface area contributed by atoms with Crippen LogP contribution in [0, 0.1) is 0 Å². The summed E-state index contributed by atoms with van der Waals surface area (Å²) in [5.41, 5.74) is 1.30. The second-order valence-electron chi connectivity index (χ2n) is 5.76. The van der Waals surface area contributed by atoms with Crippen molar-refractivity contribution in [3.63, 3.8) is 0 Å². The fourth-order valence-electron chi connectivity index (χ4n) is 1.74. The average molecular weight is 265 g/mol. The molecule has 1 heterocycles. The van der Waals surface area contributed by atoms with Gasteiger partial charge in [0.05, 0.1) is 6.20 Å². The van der Waals surface area contributed by atoms with Crippen molar-refractivity contribution in [3.8, 4) is 0 Å². The van der Waals surface area contributed by atoms with E-state index < -0.39 is 0 Å². The van der Waals surface area contributed by atoms with Gasteiger partial charge in [-0.05, 0) is 46.1 Å². The Balaban J connectivity index is 2.38. The van der Waals surface area contributed by atoms with Gasteiger partial charge in [-0.25, -0.2) is 0 Å². The van der Waals surface area contributed by atoms with E-state index in [0.29, 0.717) is 0 Å². The summed E-state index contributed by atoms with van der Waals surface area (Å²) < 4.78 is 1.84. The maximum absolute atomic E-state index is 4.59. The molecule has 0 saturated carbocycles. The molecule has 0 aliphatic rings. The molecule has 0 radical (unpaired) electrons. The molecule has 0 unspecified atom stereocenters. The summed E-state index contributed by atoms with van der Waals surface area (Å²) in [7, 11) is 1.94. The van der Waals surface area contributed by atoms with E-state index in [9.17, 15) is 0 Å². The van der Waals surface area contributed by atoms with Gasteiger partial charge in [-0.15, -0.1) is 0 Å². The summed E-state index contributed by atoms with van der Waals surface area (Å²) >= 11 is 0. The van der Waals surface area contributed by atoms with Crippen molar-refractivity contribution in [1.82, 2.24) is 20.4 Å². The number of nitrogens with zero attached hydrogens (tertiary/aromatic N) is 3. The Hall–Kier alpha value is -1.52. The van der Waals surface area contributed by atoms with Gasteiger partial charge in [0.2, 0.25) is 0 Å². The van der Waals surface area contributed by atoms with Crippen LogP contribution >= 0.6 is 0 Å². The quantitative estimate of drug-likeness (QED) is 0.484. The fourth-order valence-corrected chi connectivity index (χ4v) is 1.74. The Morgan fingerprint density at radius 2 is 2.16 bits per heavy atom. The summed E-state index contributed by atoms with van der Waals surface area (Å²) in [6, 6.07) is 0. The lowest BCUT2D eigenvalue weighted by Gasteiger charge is -2.23. The Bertz CT molecular complexity index is 400. The molecular formula is C14H27N5. The third kappa shape index (κ3) is 6.84. The van der Waals surface area contributed by atoms with E-state index in [1.54, 1.807) is 0 Å².